The number of benzene rings is 3. The van der Waals surface area contributed by atoms with Gasteiger partial charge in [0.25, 0.3) is 5.91 Å². The Labute approximate surface area is 263 Å². The van der Waals surface area contributed by atoms with Gasteiger partial charge in [0.2, 0.25) is 0 Å². The standard InChI is InChI=1S/C33H31IN2O5S/c1-3-40-33(38)22-15-13-21(14-16-22)20-41-30-23(17-24(34)18-27(30)39-2)19-35-32-29(26-11-7-8-12-28(26)42-32)31(37)36-25-9-5-4-6-10-25/h4-6,9-10,13-19H,3,7-8,11-12,20H2,1-2H3,(H,36,37). The Hall–Kier alpha value is -3.70. The number of nitrogens with zero attached hydrogens (tertiary/aromatic N) is 1. The van der Waals surface area contributed by atoms with Gasteiger partial charge < -0.3 is 19.5 Å². The van der Waals surface area contributed by atoms with E-state index in [1.165, 1.54) is 4.88 Å². The largest absolute Gasteiger partial charge is 0.493 e. The van der Waals surface area contributed by atoms with Crippen LogP contribution in [0.2, 0.25) is 0 Å². The lowest BCUT2D eigenvalue weighted by Crippen LogP contribution is -2.14. The normalized spacial score (nSPS) is 12.5. The first-order chi connectivity index (χ1) is 20.5. The number of aliphatic imine (C=N–C) groups is 1. The van der Waals surface area contributed by atoms with E-state index in [1.54, 1.807) is 43.7 Å². The first-order valence-corrected chi connectivity index (χ1v) is 15.7. The first kappa shape index (κ1) is 29.8. The molecule has 0 saturated carbocycles. The van der Waals surface area contributed by atoms with E-state index in [9.17, 15) is 9.59 Å². The Morgan fingerprint density at radius 3 is 2.55 bits per heavy atom. The quantitative estimate of drug-likeness (QED) is 0.103. The van der Waals surface area contributed by atoms with E-state index in [4.69, 9.17) is 19.2 Å². The molecule has 1 aromatic heterocycles. The van der Waals surface area contributed by atoms with Gasteiger partial charge in [-0.3, -0.25) is 4.79 Å². The van der Waals surface area contributed by atoms with Crippen LogP contribution in [0, 0.1) is 3.57 Å². The van der Waals surface area contributed by atoms with Gasteiger partial charge in [-0.25, -0.2) is 9.79 Å². The smallest absolute Gasteiger partial charge is 0.338 e. The topological polar surface area (TPSA) is 86.2 Å². The zero-order valence-electron chi connectivity index (χ0n) is 23.4. The Kier molecular flexibility index (Phi) is 9.91. The average Bonchev–Trinajstić information content (AvgIpc) is 3.38. The number of esters is 1. The predicted molar refractivity (Wildman–Crippen MR) is 175 cm³/mol. The van der Waals surface area contributed by atoms with Crippen molar-refractivity contribution >= 4 is 62.7 Å². The van der Waals surface area contributed by atoms with Gasteiger partial charge in [-0.1, -0.05) is 30.3 Å². The zero-order valence-corrected chi connectivity index (χ0v) is 26.4. The highest BCUT2D eigenvalue weighted by Crippen LogP contribution is 2.41. The summed E-state index contributed by atoms with van der Waals surface area (Å²) in [5.74, 6) is 0.636. The van der Waals surface area contributed by atoms with Crippen molar-refractivity contribution in [1.29, 1.82) is 0 Å². The van der Waals surface area contributed by atoms with Gasteiger partial charge >= 0.3 is 5.97 Å². The number of thiophene rings is 1. The van der Waals surface area contributed by atoms with E-state index < -0.39 is 0 Å². The number of carbonyl (C=O) groups is 2. The van der Waals surface area contributed by atoms with Gasteiger partial charge in [0.1, 0.15) is 11.6 Å². The summed E-state index contributed by atoms with van der Waals surface area (Å²) in [5.41, 5.74) is 4.62. The first-order valence-electron chi connectivity index (χ1n) is 13.8. The summed E-state index contributed by atoms with van der Waals surface area (Å²) in [6, 6.07) is 20.5. The molecule has 0 atom stereocenters. The second-order valence-corrected chi connectivity index (χ2v) is 12.0. The van der Waals surface area contributed by atoms with Gasteiger partial charge in [-0.15, -0.1) is 11.3 Å². The Morgan fingerprint density at radius 2 is 1.81 bits per heavy atom. The van der Waals surface area contributed by atoms with E-state index in [0.717, 1.165) is 51.6 Å². The van der Waals surface area contributed by atoms with Crippen LogP contribution in [0.25, 0.3) is 0 Å². The molecule has 5 rings (SSSR count). The summed E-state index contributed by atoms with van der Waals surface area (Å²) in [5, 5.41) is 3.74. The van der Waals surface area contributed by atoms with E-state index in [-0.39, 0.29) is 18.5 Å². The van der Waals surface area contributed by atoms with Gasteiger partial charge in [-0.05, 0) is 103 Å². The minimum atomic E-state index is -0.352. The van der Waals surface area contributed by atoms with Crippen molar-refractivity contribution in [2.75, 3.05) is 19.0 Å². The lowest BCUT2D eigenvalue weighted by Gasteiger charge is -2.14. The number of halogens is 1. The van der Waals surface area contributed by atoms with Crippen molar-refractivity contribution in [3.05, 3.63) is 103 Å². The highest BCUT2D eigenvalue weighted by atomic mass is 127. The number of carbonyl (C=O) groups excluding carboxylic acids is 2. The molecule has 4 aromatic rings. The summed E-state index contributed by atoms with van der Waals surface area (Å²) in [7, 11) is 1.60. The number of hydrogen-bond acceptors (Lipinski definition) is 7. The molecule has 0 spiro atoms. The number of fused-ring (bicyclic) bond motifs is 1. The number of amides is 1. The van der Waals surface area contributed by atoms with Gasteiger partial charge in [-0.2, -0.15) is 0 Å². The van der Waals surface area contributed by atoms with Crippen LogP contribution >= 0.6 is 33.9 Å². The maximum Gasteiger partial charge on any atom is 0.338 e. The van der Waals surface area contributed by atoms with Crippen LogP contribution in [0.1, 0.15) is 62.0 Å². The number of methoxy groups -OCH3 is 1. The van der Waals surface area contributed by atoms with Gasteiger partial charge in [0, 0.05) is 25.9 Å². The van der Waals surface area contributed by atoms with Crippen molar-refractivity contribution in [2.45, 2.75) is 39.2 Å². The summed E-state index contributed by atoms with van der Waals surface area (Å²) in [6.45, 7) is 2.37. The fraction of sp³-hybridized carbons (Fsp3) is 0.242. The van der Waals surface area contributed by atoms with E-state index >= 15 is 0 Å². The predicted octanol–water partition coefficient (Wildman–Crippen LogP) is 8.00. The second kappa shape index (κ2) is 14.0. The summed E-state index contributed by atoms with van der Waals surface area (Å²) in [6.07, 6.45) is 5.76. The molecule has 1 N–H and O–H groups in total. The molecule has 0 bridgehead atoms. The number of aryl methyl sites for hydroxylation is 1. The summed E-state index contributed by atoms with van der Waals surface area (Å²) >= 11 is 3.83. The molecule has 42 heavy (non-hydrogen) atoms. The molecule has 1 aliphatic carbocycles. The van der Waals surface area contributed by atoms with Gasteiger partial charge in [0.15, 0.2) is 11.5 Å². The second-order valence-electron chi connectivity index (χ2n) is 9.70. The average molecular weight is 695 g/mol. The fourth-order valence-corrected chi connectivity index (χ4v) is 6.67. The van der Waals surface area contributed by atoms with Crippen molar-refractivity contribution in [1.82, 2.24) is 0 Å². The molecule has 0 unspecified atom stereocenters. The minimum Gasteiger partial charge on any atom is -0.493 e. The number of rotatable bonds is 10. The monoisotopic (exact) mass is 694 g/mol. The lowest BCUT2D eigenvalue weighted by molar-refractivity contribution is 0.0526. The molecule has 1 heterocycles. The highest BCUT2D eigenvalue weighted by Gasteiger charge is 2.25. The third-order valence-corrected chi connectivity index (χ3v) is 8.67. The number of ether oxygens (including phenoxy) is 3. The van der Waals surface area contributed by atoms with E-state index in [1.807, 2.05) is 54.6 Å². The number of anilines is 1. The summed E-state index contributed by atoms with van der Waals surface area (Å²) < 4.78 is 18.0. The molecule has 3 aromatic carbocycles. The van der Waals surface area contributed by atoms with Crippen molar-refractivity contribution in [3.63, 3.8) is 0 Å². The molecular formula is C33H31IN2O5S. The Balaban J connectivity index is 1.43. The number of para-hydroxylation sites is 1. The molecule has 0 saturated heterocycles. The number of hydrogen-bond donors (Lipinski definition) is 1. The molecule has 0 radical (unpaired) electrons. The molecule has 216 valence electrons. The molecule has 1 amide bonds. The van der Waals surface area contributed by atoms with Crippen LogP contribution in [0.4, 0.5) is 10.7 Å². The van der Waals surface area contributed by atoms with Crippen LogP contribution in [0.5, 0.6) is 11.5 Å². The Morgan fingerprint density at radius 1 is 1.05 bits per heavy atom. The maximum atomic E-state index is 13.5. The molecule has 0 fully saturated rings. The van der Waals surface area contributed by atoms with E-state index in [2.05, 4.69) is 27.9 Å². The van der Waals surface area contributed by atoms with Crippen LogP contribution in [0.15, 0.2) is 71.7 Å². The van der Waals surface area contributed by atoms with Crippen molar-refractivity contribution < 1.29 is 23.8 Å². The highest BCUT2D eigenvalue weighted by molar-refractivity contribution is 14.1. The Bertz CT molecular complexity index is 1600. The molecular weight excluding hydrogens is 663 g/mol. The minimum absolute atomic E-state index is 0.143. The van der Waals surface area contributed by atoms with Gasteiger partial charge in [0.05, 0.1) is 24.8 Å². The lowest BCUT2D eigenvalue weighted by atomic mass is 9.95. The molecule has 1 aliphatic rings. The number of nitrogens with one attached hydrogen (secondary N) is 1. The third-order valence-electron chi connectivity index (χ3n) is 6.85. The van der Waals surface area contributed by atoms with Crippen LogP contribution in [-0.4, -0.2) is 31.8 Å². The maximum absolute atomic E-state index is 13.5. The summed E-state index contributed by atoms with van der Waals surface area (Å²) in [4.78, 5) is 31.6. The zero-order chi connectivity index (χ0) is 29.5. The van der Waals surface area contributed by atoms with Crippen molar-refractivity contribution in [2.24, 2.45) is 4.99 Å². The molecule has 0 aliphatic heterocycles. The van der Waals surface area contributed by atoms with Crippen LogP contribution in [-0.2, 0) is 24.2 Å². The van der Waals surface area contributed by atoms with Crippen LogP contribution in [0.3, 0.4) is 0 Å². The molecule has 9 heteroatoms. The SMILES string of the molecule is CCOC(=O)c1ccc(COc2c(C=Nc3sc4c(c3C(=O)Nc3ccccc3)CCCC4)cc(I)cc2OC)cc1. The van der Waals surface area contributed by atoms with Crippen LogP contribution < -0.4 is 14.8 Å². The van der Waals surface area contributed by atoms with Crippen molar-refractivity contribution in [3.8, 4) is 11.5 Å². The fourth-order valence-electron chi connectivity index (χ4n) is 4.82. The third kappa shape index (κ3) is 7.01. The molecule has 7 nitrogen and oxygen atoms in total. The van der Waals surface area contributed by atoms with E-state index in [0.29, 0.717) is 34.2 Å².